The van der Waals surface area contributed by atoms with Gasteiger partial charge < -0.3 is 20.1 Å². The van der Waals surface area contributed by atoms with E-state index in [-0.39, 0.29) is 12.0 Å². The number of carbonyl (C=O) groups is 2. The van der Waals surface area contributed by atoms with Crippen LogP contribution in [0.15, 0.2) is 6.20 Å². The maximum atomic E-state index is 11.3. The summed E-state index contributed by atoms with van der Waals surface area (Å²) >= 11 is 0. The molecule has 0 amide bonds. The Morgan fingerprint density at radius 3 is 2.76 bits per heavy atom. The van der Waals surface area contributed by atoms with Crippen molar-refractivity contribution in [1.82, 2.24) is 15.4 Å². The molecule has 0 aliphatic carbocycles. The van der Waals surface area contributed by atoms with Crippen LogP contribution in [-0.2, 0) is 9.53 Å². The van der Waals surface area contributed by atoms with Gasteiger partial charge in [0.15, 0.2) is 18.1 Å². The fourth-order valence-corrected chi connectivity index (χ4v) is 0.989. The highest BCUT2D eigenvalue weighted by molar-refractivity contribution is 5.87. The van der Waals surface area contributed by atoms with Crippen LogP contribution in [-0.4, -0.2) is 67.9 Å². The summed E-state index contributed by atoms with van der Waals surface area (Å²) in [4.78, 5) is 21.9. The highest BCUT2D eigenvalue weighted by Gasteiger charge is 2.29. The van der Waals surface area contributed by atoms with E-state index in [1.165, 1.54) is 0 Å². The number of rotatable bonds is 6. The number of aldehydes is 1. The van der Waals surface area contributed by atoms with Crippen molar-refractivity contribution >= 4 is 12.3 Å². The SMILES string of the molecule is O=C[C@H](OC(=O)c1cn[nH]n1)[C@H](O)[C@H](O)CO. The third-order valence-corrected chi connectivity index (χ3v) is 1.92. The summed E-state index contributed by atoms with van der Waals surface area (Å²) in [5.41, 5.74) is -0.178. The molecule has 1 aromatic rings. The standard InChI is InChI=1S/C8H11N3O6/c12-2-5(14)7(15)6(3-13)17-8(16)4-1-9-11-10-4/h1,3,5-7,12,14-15H,2H2,(H,9,10,11)/t5-,6+,7-/m1/s1. The molecule has 9 nitrogen and oxygen atoms in total. The van der Waals surface area contributed by atoms with Crippen LogP contribution >= 0.6 is 0 Å². The molecule has 0 saturated heterocycles. The lowest BCUT2D eigenvalue weighted by atomic mass is 10.1. The van der Waals surface area contributed by atoms with Crippen LogP contribution in [0.3, 0.4) is 0 Å². The molecule has 0 bridgehead atoms. The Balaban J connectivity index is 2.64. The minimum absolute atomic E-state index is 0.140. The van der Waals surface area contributed by atoms with Gasteiger partial charge in [-0.2, -0.15) is 10.3 Å². The second kappa shape index (κ2) is 6.03. The van der Waals surface area contributed by atoms with Gasteiger partial charge in [0.25, 0.3) is 0 Å². The highest BCUT2D eigenvalue weighted by Crippen LogP contribution is 2.05. The Morgan fingerprint density at radius 1 is 1.59 bits per heavy atom. The zero-order chi connectivity index (χ0) is 12.8. The van der Waals surface area contributed by atoms with E-state index in [1.807, 2.05) is 0 Å². The zero-order valence-electron chi connectivity index (χ0n) is 8.55. The minimum atomic E-state index is -1.71. The molecule has 4 N–H and O–H groups in total. The van der Waals surface area contributed by atoms with Crippen molar-refractivity contribution in [2.24, 2.45) is 0 Å². The van der Waals surface area contributed by atoms with Crippen molar-refractivity contribution in [3.8, 4) is 0 Å². The average Bonchev–Trinajstić information content (AvgIpc) is 2.87. The maximum Gasteiger partial charge on any atom is 0.361 e. The molecule has 1 rings (SSSR count). The fourth-order valence-electron chi connectivity index (χ4n) is 0.989. The third kappa shape index (κ3) is 3.31. The summed E-state index contributed by atoms with van der Waals surface area (Å²) in [5, 5.41) is 35.9. The zero-order valence-corrected chi connectivity index (χ0v) is 8.55. The maximum absolute atomic E-state index is 11.3. The van der Waals surface area contributed by atoms with Gasteiger partial charge in [-0.3, -0.25) is 4.79 Å². The molecule has 0 radical (unpaired) electrons. The molecule has 0 fully saturated rings. The molecular formula is C8H11N3O6. The van der Waals surface area contributed by atoms with Crippen LogP contribution in [0.5, 0.6) is 0 Å². The molecule has 0 aromatic carbocycles. The summed E-state index contributed by atoms with van der Waals surface area (Å²) in [7, 11) is 0. The van der Waals surface area contributed by atoms with E-state index in [4.69, 9.17) is 10.2 Å². The summed E-state index contributed by atoms with van der Waals surface area (Å²) < 4.78 is 4.58. The van der Waals surface area contributed by atoms with Gasteiger partial charge in [-0.25, -0.2) is 4.79 Å². The number of ether oxygens (including phenoxy) is 1. The largest absolute Gasteiger partial charge is 0.447 e. The van der Waals surface area contributed by atoms with E-state index in [0.717, 1.165) is 6.20 Å². The number of esters is 1. The Morgan fingerprint density at radius 2 is 2.29 bits per heavy atom. The molecule has 0 aliphatic heterocycles. The van der Waals surface area contributed by atoms with Crippen LogP contribution < -0.4 is 0 Å². The van der Waals surface area contributed by atoms with E-state index in [1.54, 1.807) is 0 Å². The molecule has 1 aromatic heterocycles. The molecule has 0 aliphatic rings. The number of nitrogens with zero attached hydrogens (tertiary/aromatic N) is 2. The first-order valence-corrected chi connectivity index (χ1v) is 4.59. The molecule has 17 heavy (non-hydrogen) atoms. The quantitative estimate of drug-likeness (QED) is 0.311. The Bertz CT molecular complexity index is 367. The number of hydrogen-bond acceptors (Lipinski definition) is 8. The normalized spacial score (nSPS) is 15.9. The van der Waals surface area contributed by atoms with Gasteiger partial charge in [0, 0.05) is 0 Å². The van der Waals surface area contributed by atoms with Crippen molar-refractivity contribution in [3.63, 3.8) is 0 Å². The fraction of sp³-hybridized carbons (Fsp3) is 0.500. The predicted octanol–water partition coefficient (Wildman–Crippen LogP) is -2.76. The molecule has 0 unspecified atom stereocenters. The monoisotopic (exact) mass is 245 g/mol. The molecule has 0 spiro atoms. The first-order chi connectivity index (χ1) is 8.10. The molecule has 9 heteroatoms. The van der Waals surface area contributed by atoms with Crippen molar-refractivity contribution in [1.29, 1.82) is 0 Å². The van der Waals surface area contributed by atoms with Gasteiger partial charge in [0.2, 0.25) is 0 Å². The van der Waals surface area contributed by atoms with Crippen LogP contribution in [0.2, 0.25) is 0 Å². The number of H-pyrrole nitrogens is 1. The molecule has 0 saturated carbocycles. The van der Waals surface area contributed by atoms with Gasteiger partial charge in [0.05, 0.1) is 12.8 Å². The number of hydrogen-bond donors (Lipinski definition) is 4. The second-order valence-electron chi connectivity index (χ2n) is 3.10. The first-order valence-electron chi connectivity index (χ1n) is 4.59. The van der Waals surface area contributed by atoms with E-state index in [2.05, 4.69) is 20.1 Å². The molecule has 3 atom stereocenters. The van der Waals surface area contributed by atoms with Crippen molar-refractivity contribution in [3.05, 3.63) is 11.9 Å². The second-order valence-corrected chi connectivity index (χ2v) is 3.10. The Hall–Kier alpha value is -1.84. The van der Waals surface area contributed by atoms with Crippen LogP contribution in [0.25, 0.3) is 0 Å². The van der Waals surface area contributed by atoms with Gasteiger partial charge in [0.1, 0.15) is 12.2 Å². The topological polar surface area (TPSA) is 146 Å². The molecule has 94 valence electrons. The first kappa shape index (κ1) is 13.2. The average molecular weight is 245 g/mol. The van der Waals surface area contributed by atoms with E-state index < -0.39 is 30.9 Å². The van der Waals surface area contributed by atoms with Crippen molar-refractivity contribution in [2.75, 3.05) is 6.61 Å². The minimum Gasteiger partial charge on any atom is -0.447 e. The van der Waals surface area contributed by atoms with Gasteiger partial charge in [-0.05, 0) is 0 Å². The summed E-state index contributed by atoms with van der Waals surface area (Å²) in [6.07, 6.45) is -3.69. The Kier molecular flexibility index (Phi) is 4.69. The van der Waals surface area contributed by atoms with Crippen LogP contribution in [0.1, 0.15) is 10.5 Å². The van der Waals surface area contributed by atoms with Crippen molar-refractivity contribution in [2.45, 2.75) is 18.3 Å². The lowest BCUT2D eigenvalue weighted by Gasteiger charge is -2.20. The summed E-state index contributed by atoms with van der Waals surface area (Å²) in [5.74, 6) is -0.986. The number of aliphatic hydroxyl groups is 3. The number of aromatic nitrogens is 3. The smallest absolute Gasteiger partial charge is 0.361 e. The lowest BCUT2D eigenvalue weighted by molar-refractivity contribution is -0.129. The number of aliphatic hydroxyl groups excluding tert-OH is 3. The Labute approximate surface area is 95.0 Å². The summed E-state index contributed by atoms with van der Waals surface area (Å²) in [6, 6.07) is 0. The lowest BCUT2D eigenvalue weighted by Crippen LogP contribution is -2.43. The van der Waals surface area contributed by atoms with Crippen molar-refractivity contribution < 1.29 is 29.6 Å². The molecular weight excluding hydrogens is 234 g/mol. The van der Waals surface area contributed by atoms with Crippen LogP contribution in [0, 0.1) is 0 Å². The number of aromatic amines is 1. The number of carbonyl (C=O) groups excluding carboxylic acids is 2. The van der Waals surface area contributed by atoms with Gasteiger partial charge in [-0.1, -0.05) is 0 Å². The predicted molar refractivity (Wildman–Crippen MR) is 50.7 cm³/mol. The van der Waals surface area contributed by atoms with Gasteiger partial charge >= 0.3 is 5.97 Å². The molecule has 1 heterocycles. The van der Waals surface area contributed by atoms with E-state index >= 15 is 0 Å². The third-order valence-electron chi connectivity index (χ3n) is 1.92. The van der Waals surface area contributed by atoms with Gasteiger partial charge in [-0.15, -0.1) is 5.10 Å². The summed E-state index contributed by atoms with van der Waals surface area (Å²) in [6.45, 7) is -0.771. The highest BCUT2D eigenvalue weighted by atomic mass is 16.6. The van der Waals surface area contributed by atoms with E-state index in [9.17, 15) is 14.7 Å². The number of nitrogens with one attached hydrogen (secondary N) is 1. The van der Waals surface area contributed by atoms with E-state index in [0.29, 0.717) is 0 Å². The van der Waals surface area contributed by atoms with Crippen LogP contribution in [0.4, 0.5) is 0 Å².